The summed E-state index contributed by atoms with van der Waals surface area (Å²) < 4.78 is 0. The highest BCUT2D eigenvalue weighted by Crippen LogP contribution is 2.17. The van der Waals surface area contributed by atoms with E-state index in [1.165, 1.54) is 6.92 Å². The predicted molar refractivity (Wildman–Crippen MR) is 100 cm³/mol. The van der Waals surface area contributed by atoms with Crippen LogP contribution in [0.4, 0.5) is 11.5 Å². The van der Waals surface area contributed by atoms with Gasteiger partial charge < -0.3 is 10.2 Å². The predicted octanol–water partition coefficient (Wildman–Crippen LogP) is 4.29. The Kier molecular flexibility index (Phi) is 6.69. The first-order chi connectivity index (χ1) is 12.0. The molecule has 132 valence electrons. The van der Waals surface area contributed by atoms with Crippen molar-refractivity contribution < 1.29 is 9.59 Å². The van der Waals surface area contributed by atoms with Crippen LogP contribution in [0.2, 0.25) is 0 Å². The number of amides is 1. The van der Waals surface area contributed by atoms with Gasteiger partial charge in [-0.2, -0.15) is 0 Å². The molecule has 5 heteroatoms. The Balaban J connectivity index is 2.10. The monoisotopic (exact) mass is 339 g/mol. The van der Waals surface area contributed by atoms with Crippen LogP contribution in [0.3, 0.4) is 0 Å². The van der Waals surface area contributed by atoms with Gasteiger partial charge in [-0.05, 0) is 44.0 Å². The molecule has 1 heterocycles. The molecule has 0 saturated heterocycles. The molecular formula is C20H25N3O2. The van der Waals surface area contributed by atoms with Crippen LogP contribution in [-0.2, 0) is 0 Å². The topological polar surface area (TPSA) is 62.3 Å². The number of nitrogens with zero attached hydrogens (tertiary/aromatic N) is 2. The largest absolute Gasteiger partial charge is 0.340 e. The summed E-state index contributed by atoms with van der Waals surface area (Å²) in [5, 5.41) is 3.16. The first kappa shape index (κ1) is 18.6. The molecule has 0 fully saturated rings. The standard InChI is InChI=1S/C20H25N3O2/c1-4-11-23(12-5-2)20(25)17-9-10-19(21-14-17)22-18-8-6-7-16(13-18)15(3)24/h6-10,13-14H,4-5,11-12H2,1-3H3,(H,21,22). The van der Waals surface area contributed by atoms with Crippen molar-refractivity contribution in [3.05, 3.63) is 53.7 Å². The molecule has 1 aromatic carbocycles. The maximum atomic E-state index is 12.5. The lowest BCUT2D eigenvalue weighted by Crippen LogP contribution is -2.32. The molecule has 0 spiro atoms. The summed E-state index contributed by atoms with van der Waals surface area (Å²) in [6.45, 7) is 7.18. The number of carbonyl (C=O) groups excluding carboxylic acids is 2. The molecule has 1 aromatic heterocycles. The molecule has 25 heavy (non-hydrogen) atoms. The summed E-state index contributed by atoms with van der Waals surface area (Å²) in [5.41, 5.74) is 2.02. The van der Waals surface area contributed by atoms with E-state index < -0.39 is 0 Å². The molecule has 5 nitrogen and oxygen atoms in total. The van der Waals surface area contributed by atoms with Crippen LogP contribution in [0.5, 0.6) is 0 Å². The second-order valence-electron chi connectivity index (χ2n) is 5.99. The number of hydrogen-bond donors (Lipinski definition) is 1. The zero-order valence-electron chi connectivity index (χ0n) is 15.1. The van der Waals surface area contributed by atoms with E-state index in [1.807, 2.05) is 17.0 Å². The summed E-state index contributed by atoms with van der Waals surface area (Å²) in [4.78, 5) is 30.2. The third-order valence-electron chi connectivity index (χ3n) is 3.83. The number of ketones is 1. The number of Topliss-reactive ketones (excluding diaryl/α,β-unsaturated/α-hetero) is 1. The van der Waals surface area contributed by atoms with Crippen molar-refractivity contribution in [2.24, 2.45) is 0 Å². The number of anilines is 2. The van der Waals surface area contributed by atoms with Crippen molar-refractivity contribution in [1.29, 1.82) is 0 Å². The van der Waals surface area contributed by atoms with Gasteiger partial charge in [0.2, 0.25) is 0 Å². The van der Waals surface area contributed by atoms with E-state index in [0.29, 0.717) is 16.9 Å². The Morgan fingerprint density at radius 1 is 1.04 bits per heavy atom. The Bertz CT molecular complexity index is 720. The van der Waals surface area contributed by atoms with E-state index in [1.54, 1.807) is 30.5 Å². The average Bonchev–Trinajstić information content (AvgIpc) is 2.62. The van der Waals surface area contributed by atoms with Gasteiger partial charge in [0, 0.05) is 30.5 Å². The first-order valence-electron chi connectivity index (χ1n) is 8.68. The number of aromatic nitrogens is 1. The van der Waals surface area contributed by atoms with Crippen molar-refractivity contribution in [2.75, 3.05) is 18.4 Å². The smallest absolute Gasteiger partial charge is 0.255 e. The number of rotatable bonds is 8. The highest BCUT2D eigenvalue weighted by Gasteiger charge is 2.14. The van der Waals surface area contributed by atoms with Gasteiger partial charge in [-0.15, -0.1) is 0 Å². The SMILES string of the molecule is CCCN(CCC)C(=O)c1ccc(Nc2cccc(C(C)=O)c2)nc1. The molecular weight excluding hydrogens is 314 g/mol. The maximum absolute atomic E-state index is 12.5. The van der Waals surface area contributed by atoms with E-state index in [9.17, 15) is 9.59 Å². The van der Waals surface area contributed by atoms with Gasteiger partial charge in [0.1, 0.15) is 5.82 Å². The number of hydrogen-bond acceptors (Lipinski definition) is 4. The van der Waals surface area contributed by atoms with Crippen molar-refractivity contribution in [2.45, 2.75) is 33.6 Å². The Morgan fingerprint density at radius 2 is 1.76 bits per heavy atom. The molecule has 0 unspecified atom stereocenters. The van der Waals surface area contributed by atoms with Gasteiger partial charge in [0.05, 0.1) is 5.56 Å². The Labute approximate surface area is 149 Å². The van der Waals surface area contributed by atoms with E-state index in [-0.39, 0.29) is 11.7 Å². The van der Waals surface area contributed by atoms with E-state index in [0.717, 1.165) is 31.6 Å². The van der Waals surface area contributed by atoms with Crippen molar-refractivity contribution in [1.82, 2.24) is 9.88 Å². The highest BCUT2D eigenvalue weighted by molar-refractivity contribution is 5.95. The third kappa shape index (κ3) is 5.14. The lowest BCUT2D eigenvalue weighted by atomic mass is 10.1. The first-order valence-corrected chi connectivity index (χ1v) is 8.68. The van der Waals surface area contributed by atoms with Gasteiger partial charge in [-0.3, -0.25) is 9.59 Å². The van der Waals surface area contributed by atoms with Crippen LogP contribution in [0.25, 0.3) is 0 Å². The number of benzene rings is 1. The van der Waals surface area contributed by atoms with Gasteiger partial charge in [-0.25, -0.2) is 4.98 Å². The van der Waals surface area contributed by atoms with Crippen LogP contribution in [0.1, 0.15) is 54.3 Å². The molecule has 0 aliphatic heterocycles. The van der Waals surface area contributed by atoms with Crippen molar-refractivity contribution in [3.8, 4) is 0 Å². The van der Waals surface area contributed by atoms with E-state index >= 15 is 0 Å². The zero-order chi connectivity index (χ0) is 18.2. The second kappa shape index (κ2) is 8.97. The molecule has 0 aliphatic rings. The molecule has 0 radical (unpaired) electrons. The minimum absolute atomic E-state index is 0.0151. The van der Waals surface area contributed by atoms with Crippen LogP contribution in [0, 0.1) is 0 Å². The summed E-state index contributed by atoms with van der Waals surface area (Å²) >= 11 is 0. The number of pyridine rings is 1. The molecule has 0 aliphatic carbocycles. The second-order valence-corrected chi connectivity index (χ2v) is 5.99. The van der Waals surface area contributed by atoms with Gasteiger partial charge in [0.15, 0.2) is 5.78 Å². The zero-order valence-corrected chi connectivity index (χ0v) is 15.1. The van der Waals surface area contributed by atoms with Crippen molar-refractivity contribution in [3.63, 3.8) is 0 Å². The molecule has 2 aromatic rings. The Hall–Kier alpha value is -2.69. The number of carbonyl (C=O) groups is 2. The minimum atomic E-state index is 0.0151. The lowest BCUT2D eigenvalue weighted by Gasteiger charge is -2.21. The molecule has 1 amide bonds. The van der Waals surface area contributed by atoms with Gasteiger partial charge in [-0.1, -0.05) is 26.0 Å². The van der Waals surface area contributed by atoms with E-state index in [2.05, 4.69) is 24.1 Å². The molecule has 0 saturated carbocycles. The van der Waals surface area contributed by atoms with Crippen LogP contribution < -0.4 is 5.32 Å². The summed E-state index contributed by atoms with van der Waals surface area (Å²) in [5.74, 6) is 0.667. The molecule has 0 bridgehead atoms. The normalized spacial score (nSPS) is 10.4. The quantitative estimate of drug-likeness (QED) is 0.729. The molecule has 2 rings (SSSR count). The molecule has 1 N–H and O–H groups in total. The Morgan fingerprint density at radius 3 is 2.32 bits per heavy atom. The highest BCUT2D eigenvalue weighted by atomic mass is 16.2. The molecule has 0 atom stereocenters. The van der Waals surface area contributed by atoms with E-state index in [4.69, 9.17) is 0 Å². The third-order valence-corrected chi connectivity index (χ3v) is 3.83. The fraction of sp³-hybridized carbons (Fsp3) is 0.350. The van der Waals surface area contributed by atoms with Crippen LogP contribution >= 0.6 is 0 Å². The average molecular weight is 339 g/mol. The van der Waals surface area contributed by atoms with Gasteiger partial charge in [0.25, 0.3) is 5.91 Å². The summed E-state index contributed by atoms with van der Waals surface area (Å²) in [7, 11) is 0. The number of nitrogens with one attached hydrogen (secondary N) is 1. The fourth-order valence-corrected chi connectivity index (χ4v) is 2.60. The van der Waals surface area contributed by atoms with Gasteiger partial charge >= 0.3 is 0 Å². The fourth-order valence-electron chi connectivity index (χ4n) is 2.60. The van der Waals surface area contributed by atoms with Crippen LogP contribution in [0.15, 0.2) is 42.6 Å². The summed E-state index contributed by atoms with van der Waals surface area (Å²) in [6, 6.07) is 10.8. The van der Waals surface area contributed by atoms with Crippen molar-refractivity contribution >= 4 is 23.2 Å². The minimum Gasteiger partial charge on any atom is -0.340 e. The van der Waals surface area contributed by atoms with Crippen LogP contribution in [-0.4, -0.2) is 34.7 Å². The maximum Gasteiger partial charge on any atom is 0.255 e. The lowest BCUT2D eigenvalue weighted by molar-refractivity contribution is 0.0755. The summed E-state index contributed by atoms with van der Waals surface area (Å²) in [6.07, 6.45) is 3.47.